The molecule has 0 atom stereocenters. The molecule has 3 nitrogen and oxygen atoms in total. The van der Waals surface area contributed by atoms with E-state index in [1.54, 1.807) is 0 Å². The van der Waals surface area contributed by atoms with Gasteiger partial charge in [-0.25, -0.2) is 4.68 Å². The van der Waals surface area contributed by atoms with Crippen LogP contribution < -0.4 is 0 Å². The van der Waals surface area contributed by atoms with Gasteiger partial charge < -0.3 is 0 Å². The highest BCUT2D eigenvalue weighted by molar-refractivity contribution is 5.33. The van der Waals surface area contributed by atoms with Gasteiger partial charge in [0.15, 0.2) is 0 Å². The zero-order valence-electron chi connectivity index (χ0n) is 15.4. The number of aromatic nitrogens is 2. The molecule has 0 bridgehead atoms. The third-order valence-corrected chi connectivity index (χ3v) is 4.76. The Labute approximate surface area is 160 Å². The average molecular weight is 353 g/mol. The summed E-state index contributed by atoms with van der Waals surface area (Å²) in [7, 11) is 2.17. The van der Waals surface area contributed by atoms with Crippen molar-refractivity contribution in [2.45, 2.75) is 12.6 Å². The van der Waals surface area contributed by atoms with E-state index < -0.39 is 0 Å². The summed E-state index contributed by atoms with van der Waals surface area (Å²) in [4.78, 5) is 2.37. The van der Waals surface area contributed by atoms with E-state index >= 15 is 0 Å². The molecular formula is C24H23N3. The van der Waals surface area contributed by atoms with E-state index in [2.05, 4.69) is 96.0 Å². The van der Waals surface area contributed by atoms with Gasteiger partial charge in [-0.05, 0) is 30.3 Å². The fourth-order valence-corrected chi connectivity index (χ4v) is 3.52. The first-order chi connectivity index (χ1) is 13.3. The van der Waals surface area contributed by atoms with Crippen LogP contribution in [0.15, 0.2) is 103 Å². The van der Waals surface area contributed by atoms with Crippen LogP contribution in [0, 0.1) is 0 Å². The molecule has 4 rings (SSSR count). The van der Waals surface area contributed by atoms with Gasteiger partial charge >= 0.3 is 0 Å². The average Bonchev–Trinajstić information content (AvgIpc) is 3.19. The van der Waals surface area contributed by atoms with Gasteiger partial charge in [-0.2, -0.15) is 5.10 Å². The highest BCUT2D eigenvalue weighted by Crippen LogP contribution is 2.28. The van der Waals surface area contributed by atoms with Crippen molar-refractivity contribution < 1.29 is 0 Å². The predicted octanol–water partition coefficient (Wildman–Crippen LogP) is 5.09. The van der Waals surface area contributed by atoms with Crippen LogP contribution in [0.4, 0.5) is 0 Å². The lowest BCUT2D eigenvalue weighted by molar-refractivity contribution is 0.270. The molecule has 0 aliphatic carbocycles. The van der Waals surface area contributed by atoms with E-state index in [0.29, 0.717) is 0 Å². The first-order valence-corrected chi connectivity index (χ1v) is 9.20. The van der Waals surface area contributed by atoms with Gasteiger partial charge in [0.05, 0.1) is 17.9 Å². The molecule has 0 radical (unpaired) electrons. The predicted molar refractivity (Wildman–Crippen MR) is 110 cm³/mol. The Morgan fingerprint density at radius 1 is 0.778 bits per heavy atom. The summed E-state index contributed by atoms with van der Waals surface area (Å²) in [5.74, 6) is 0. The van der Waals surface area contributed by atoms with Crippen LogP contribution >= 0.6 is 0 Å². The molecule has 27 heavy (non-hydrogen) atoms. The molecule has 0 N–H and O–H groups in total. The number of nitrogens with zero attached hydrogens (tertiary/aromatic N) is 3. The summed E-state index contributed by atoms with van der Waals surface area (Å²) < 4.78 is 1.93. The van der Waals surface area contributed by atoms with Gasteiger partial charge in [-0.3, -0.25) is 4.90 Å². The normalized spacial score (nSPS) is 11.2. The molecule has 134 valence electrons. The summed E-state index contributed by atoms with van der Waals surface area (Å²) in [6.45, 7) is 0.821. The van der Waals surface area contributed by atoms with Crippen molar-refractivity contribution in [3.8, 4) is 5.69 Å². The highest BCUT2D eigenvalue weighted by atomic mass is 15.3. The van der Waals surface area contributed by atoms with Crippen molar-refractivity contribution in [3.63, 3.8) is 0 Å². The van der Waals surface area contributed by atoms with Crippen molar-refractivity contribution in [2.24, 2.45) is 0 Å². The van der Waals surface area contributed by atoms with Gasteiger partial charge in [0.2, 0.25) is 0 Å². The minimum Gasteiger partial charge on any atom is -0.291 e. The lowest BCUT2D eigenvalue weighted by atomic mass is 9.97. The number of para-hydroxylation sites is 1. The van der Waals surface area contributed by atoms with Crippen LogP contribution in [0.5, 0.6) is 0 Å². The molecule has 0 amide bonds. The molecule has 0 aliphatic rings. The fraction of sp³-hybridized carbons (Fsp3) is 0.125. The Hall–Kier alpha value is -3.17. The molecule has 0 aliphatic heterocycles. The Morgan fingerprint density at radius 3 is 1.85 bits per heavy atom. The van der Waals surface area contributed by atoms with E-state index in [1.807, 2.05) is 29.1 Å². The largest absolute Gasteiger partial charge is 0.291 e. The summed E-state index contributed by atoms with van der Waals surface area (Å²) >= 11 is 0. The number of benzene rings is 3. The Kier molecular flexibility index (Phi) is 5.13. The standard InChI is InChI=1S/C24H23N3/c1-26(18-20-17-25-27(19-20)23-15-9-4-10-16-23)24(21-11-5-2-6-12-21)22-13-7-3-8-14-22/h2-17,19,24H,18H2,1H3. The van der Waals surface area contributed by atoms with E-state index in [9.17, 15) is 0 Å². The second-order valence-corrected chi connectivity index (χ2v) is 6.77. The van der Waals surface area contributed by atoms with Gasteiger partial charge in [0.1, 0.15) is 0 Å². The smallest absolute Gasteiger partial charge is 0.0645 e. The third kappa shape index (κ3) is 3.99. The molecule has 0 fully saturated rings. The van der Waals surface area contributed by atoms with Crippen LogP contribution in [0.2, 0.25) is 0 Å². The second kappa shape index (κ2) is 8.02. The van der Waals surface area contributed by atoms with Crippen molar-refractivity contribution in [3.05, 3.63) is 120 Å². The number of hydrogen-bond donors (Lipinski definition) is 0. The van der Waals surface area contributed by atoms with Crippen LogP contribution in [-0.4, -0.2) is 21.7 Å². The summed E-state index contributed by atoms with van der Waals surface area (Å²) in [6.07, 6.45) is 4.06. The zero-order chi connectivity index (χ0) is 18.5. The molecule has 3 aromatic carbocycles. The van der Waals surface area contributed by atoms with E-state index in [1.165, 1.54) is 16.7 Å². The second-order valence-electron chi connectivity index (χ2n) is 6.77. The molecule has 1 heterocycles. The Bertz CT molecular complexity index is 923. The maximum absolute atomic E-state index is 4.53. The lowest BCUT2D eigenvalue weighted by Crippen LogP contribution is -2.25. The summed E-state index contributed by atoms with van der Waals surface area (Å²) in [5.41, 5.74) is 4.86. The van der Waals surface area contributed by atoms with Crippen LogP contribution in [0.3, 0.4) is 0 Å². The number of hydrogen-bond acceptors (Lipinski definition) is 2. The molecule has 0 saturated carbocycles. The van der Waals surface area contributed by atoms with E-state index in [0.717, 1.165) is 12.2 Å². The Balaban J connectivity index is 1.59. The number of rotatable bonds is 6. The quantitative estimate of drug-likeness (QED) is 0.481. The van der Waals surface area contributed by atoms with E-state index in [4.69, 9.17) is 0 Å². The molecule has 0 unspecified atom stereocenters. The van der Waals surface area contributed by atoms with Gasteiger partial charge in [-0.15, -0.1) is 0 Å². The maximum atomic E-state index is 4.53. The highest BCUT2D eigenvalue weighted by Gasteiger charge is 2.19. The molecule has 0 saturated heterocycles. The first kappa shape index (κ1) is 17.3. The minimum absolute atomic E-state index is 0.201. The van der Waals surface area contributed by atoms with Crippen molar-refractivity contribution in [1.82, 2.24) is 14.7 Å². The minimum atomic E-state index is 0.201. The third-order valence-electron chi connectivity index (χ3n) is 4.76. The fourth-order valence-electron chi connectivity index (χ4n) is 3.52. The Morgan fingerprint density at radius 2 is 1.30 bits per heavy atom. The molecule has 0 spiro atoms. The molecular weight excluding hydrogens is 330 g/mol. The van der Waals surface area contributed by atoms with Gasteiger partial charge in [0.25, 0.3) is 0 Å². The monoisotopic (exact) mass is 353 g/mol. The van der Waals surface area contributed by atoms with Gasteiger partial charge in [0, 0.05) is 18.3 Å². The van der Waals surface area contributed by atoms with Crippen LogP contribution in [0.1, 0.15) is 22.7 Å². The molecule has 4 aromatic rings. The van der Waals surface area contributed by atoms with Crippen LogP contribution in [-0.2, 0) is 6.54 Å². The van der Waals surface area contributed by atoms with E-state index in [-0.39, 0.29) is 6.04 Å². The first-order valence-electron chi connectivity index (χ1n) is 9.20. The summed E-state index contributed by atoms with van der Waals surface area (Å²) in [5, 5.41) is 4.53. The molecule has 1 aromatic heterocycles. The van der Waals surface area contributed by atoms with Crippen molar-refractivity contribution in [2.75, 3.05) is 7.05 Å². The summed E-state index contributed by atoms with van der Waals surface area (Å²) in [6, 6.07) is 31.7. The SMILES string of the molecule is CN(Cc1cnn(-c2ccccc2)c1)C(c1ccccc1)c1ccccc1. The molecule has 3 heteroatoms. The topological polar surface area (TPSA) is 21.1 Å². The zero-order valence-corrected chi connectivity index (χ0v) is 15.4. The van der Waals surface area contributed by atoms with Gasteiger partial charge in [-0.1, -0.05) is 78.9 Å². The lowest BCUT2D eigenvalue weighted by Gasteiger charge is -2.28. The van der Waals surface area contributed by atoms with Crippen molar-refractivity contribution in [1.29, 1.82) is 0 Å². The van der Waals surface area contributed by atoms with Crippen molar-refractivity contribution >= 4 is 0 Å². The van der Waals surface area contributed by atoms with Crippen LogP contribution in [0.25, 0.3) is 5.69 Å². The maximum Gasteiger partial charge on any atom is 0.0645 e.